The second kappa shape index (κ2) is 2.51. The van der Waals surface area contributed by atoms with E-state index in [1.54, 1.807) is 6.07 Å². The number of aromatic nitrogens is 1. The zero-order valence-corrected chi connectivity index (χ0v) is 7.12. The van der Waals surface area contributed by atoms with Gasteiger partial charge in [0.1, 0.15) is 0 Å². The highest BCUT2D eigenvalue weighted by molar-refractivity contribution is 14.1. The van der Waals surface area contributed by atoms with Gasteiger partial charge in [0.15, 0.2) is 6.20 Å². The second-order valence-corrected chi connectivity index (χ2v) is 2.96. The molecule has 0 saturated carbocycles. The van der Waals surface area contributed by atoms with Crippen LogP contribution >= 0.6 is 22.6 Å². The summed E-state index contributed by atoms with van der Waals surface area (Å²) >= 11 is 2.00. The maximum absolute atomic E-state index is 10.7. The smallest absolute Gasteiger partial charge is 0.252 e. The summed E-state index contributed by atoms with van der Waals surface area (Å²) in [4.78, 5) is 0. The van der Waals surface area contributed by atoms with Gasteiger partial charge >= 0.3 is 0 Å². The first-order chi connectivity index (χ1) is 4.20. The van der Waals surface area contributed by atoms with Gasteiger partial charge in [0.25, 0.3) is 3.70 Å². The zero-order valence-electron chi connectivity index (χ0n) is 4.97. The number of rotatable bonds is 0. The molecule has 1 aromatic rings. The minimum Gasteiger partial charge on any atom is -0.618 e. The lowest BCUT2D eigenvalue weighted by Gasteiger charge is -1.97. The lowest BCUT2D eigenvalue weighted by atomic mass is 10.3. The Bertz CT molecular complexity index is 224. The fourth-order valence-electron chi connectivity index (χ4n) is 0.556. The van der Waals surface area contributed by atoms with Gasteiger partial charge in [0.2, 0.25) is 0 Å². The van der Waals surface area contributed by atoms with Gasteiger partial charge in [0, 0.05) is 34.7 Å². The highest BCUT2D eigenvalue weighted by atomic mass is 127. The molecule has 0 aliphatic heterocycles. The Morgan fingerprint density at radius 3 is 2.78 bits per heavy atom. The molecule has 0 radical (unpaired) electrons. The predicted molar refractivity (Wildman–Crippen MR) is 42.9 cm³/mol. The summed E-state index contributed by atoms with van der Waals surface area (Å²) in [5.41, 5.74) is 1.12. The van der Waals surface area contributed by atoms with Crippen LogP contribution in [0.1, 0.15) is 5.56 Å². The molecule has 1 heterocycles. The van der Waals surface area contributed by atoms with E-state index in [1.807, 2.05) is 35.6 Å². The van der Waals surface area contributed by atoms with Gasteiger partial charge in [0.05, 0.1) is 0 Å². The van der Waals surface area contributed by atoms with Crippen molar-refractivity contribution in [3.63, 3.8) is 0 Å². The van der Waals surface area contributed by atoms with E-state index in [0.717, 1.165) is 10.3 Å². The fourth-order valence-corrected chi connectivity index (χ4v) is 1.21. The van der Waals surface area contributed by atoms with E-state index in [2.05, 4.69) is 0 Å². The Kier molecular flexibility index (Phi) is 1.90. The Balaban J connectivity index is 3.17. The molecule has 1 rings (SSSR count). The summed E-state index contributed by atoms with van der Waals surface area (Å²) < 4.78 is 1.56. The van der Waals surface area contributed by atoms with Gasteiger partial charge in [-0.2, -0.15) is 4.73 Å². The van der Waals surface area contributed by atoms with E-state index in [-0.39, 0.29) is 0 Å². The Hall–Kier alpha value is -0.320. The summed E-state index contributed by atoms with van der Waals surface area (Å²) in [7, 11) is 0. The Morgan fingerprint density at radius 1 is 1.67 bits per heavy atom. The summed E-state index contributed by atoms with van der Waals surface area (Å²) in [6, 6.07) is 3.63. The molecule has 0 bridgehead atoms. The molecule has 9 heavy (non-hydrogen) atoms. The molecule has 0 aromatic carbocycles. The molecule has 2 nitrogen and oxygen atoms in total. The molecular formula is C6H6INO. The molecule has 0 aliphatic rings. The average molecular weight is 235 g/mol. The molecule has 0 aliphatic carbocycles. The third-order valence-corrected chi connectivity index (χ3v) is 1.82. The third kappa shape index (κ3) is 1.54. The lowest BCUT2D eigenvalue weighted by Crippen LogP contribution is -2.29. The van der Waals surface area contributed by atoms with E-state index in [9.17, 15) is 5.21 Å². The quantitative estimate of drug-likeness (QED) is 0.287. The topological polar surface area (TPSA) is 26.9 Å². The average Bonchev–Trinajstić information content (AvgIpc) is 1.80. The summed E-state index contributed by atoms with van der Waals surface area (Å²) in [6.07, 6.45) is 1.51. The van der Waals surface area contributed by atoms with E-state index < -0.39 is 0 Å². The van der Waals surface area contributed by atoms with Gasteiger partial charge in [-0.25, -0.2) is 0 Å². The number of halogens is 1. The Morgan fingerprint density at radius 2 is 2.33 bits per heavy atom. The van der Waals surface area contributed by atoms with Crippen LogP contribution in [0.15, 0.2) is 18.3 Å². The van der Waals surface area contributed by atoms with Gasteiger partial charge in [-0.1, -0.05) is 0 Å². The van der Waals surface area contributed by atoms with E-state index >= 15 is 0 Å². The molecule has 0 N–H and O–H groups in total. The maximum Gasteiger partial charge on any atom is 0.252 e. The molecule has 48 valence electrons. The number of nitrogens with zero attached hydrogens (tertiary/aromatic N) is 1. The third-order valence-electron chi connectivity index (χ3n) is 1.03. The molecule has 0 saturated heterocycles. The van der Waals surface area contributed by atoms with Crippen molar-refractivity contribution in [3.8, 4) is 0 Å². The van der Waals surface area contributed by atoms with Crippen LogP contribution in [0.2, 0.25) is 0 Å². The normalized spacial score (nSPS) is 9.56. The van der Waals surface area contributed by atoms with Crippen LogP contribution in [-0.2, 0) is 0 Å². The van der Waals surface area contributed by atoms with E-state index in [4.69, 9.17) is 0 Å². The highest BCUT2D eigenvalue weighted by Crippen LogP contribution is 1.99. The molecular weight excluding hydrogens is 229 g/mol. The van der Waals surface area contributed by atoms with Crippen LogP contribution in [0, 0.1) is 15.8 Å². The molecule has 0 unspecified atom stereocenters. The fraction of sp³-hybridized carbons (Fsp3) is 0.167. The van der Waals surface area contributed by atoms with Crippen LogP contribution in [0.4, 0.5) is 0 Å². The summed E-state index contributed by atoms with van der Waals surface area (Å²) in [5.74, 6) is 0. The minimum absolute atomic E-state index is 0.715. The van der Waals surface area contributed by atoms with Gasteiger partial charge < -0.3 is 5.21 Å². The van der Waals surface area contributed by atoms with Crippen molar-refractivity contribution < 1.29 is 4.73 Å². The monoisotopic (exact) mass is 235 g/mol. The van der Waals surface area contributed by atoms with Crippen molar-refractivity contribution >= 4 is 22.6 Å². The number of hydrogen-bond donors (Lipinski definition) is 0. The standard InChI is InChI=1S/C6H6INO/c1-5-2-3-8(9)6(7)4-5/h2-4H,1H3. The Labute approximate surface area is 67.2 Å². The number of pyridine rings is 1. The van der Waals surface area contributed by atoms with Crippen LogP contribution in [0.3, 0.4) is 0 Å². The van der Waals surface area contributed by atoms with Crippen molar-refractivity contribution in [2.24, 2.45) is 0 Å². The largest absolute Gasteiger partial charge is 0.618 e. The number of hydrogen-bond acceptors (Lipinski definition) is 1. The van der Waals surface area contributed by atoms with Crippen molar-refractivity contribution in [2.45, 2.75) is 6.92 Å². The van der Waals surface area contributed by atoms with Crippen LogP contribution < -0.4 is 4.73 Å². The van der Waals surface area contributed by atoms with Crippen molar-refractivity contribution in [1.82, 2.24) is 0 Å². The molecule has 0 fully saturated rings. The summed E-state index contributed by atoms with van der Waals surface area (Å²) in [6.45, 7) is 1.96. The maximum atomic E-state index is 10.7. The minimum atomic E-state index is 0.715. The predicted octanol–water partition coefficient (Wildman–Crippen LogP) is 1.23. The van der Waals surface area contributed by atoms with Crippen LogP contribution in [0.25, 0.3) is 0 Å². The first kappa shape index (κ1) is 6.80. The van der Waals surface area contributed by atoms with E-state index in [1.165, 1.54) is 6.20 Å². The van der Waals surface area contributed by atoms with Crippen molar-refractivity contribution in [1.29, 1.82) is 0 Å². The zero-order chi connectivity index (χ0) is 6.85. The van der Waals surface area contributed by atoms with Gasteiger partial charge in [-0.15, -0.1) is 0 Å². The van der Waals surface area contributed by atoms with Crippen LogP contribution in [0.5, 0.6) is 0 Å². The molecule has 3 heteroatoms. The van der Waals surface area contributed by atoms with Crippen molar-refractivity contribution in [3.05, 3.63) is 32.8 Å². The lowest BCUT2D eigenvalue weighted by molar-refractivity contribution is -0.619. The first-order valence-corrected chi connectivity index (χ1v) is 3.63. The van der Waals surface area contributed by atoms with Crippen LogP contribution in [-0.4, -0.2) is 0 Å². The van der Waals surface area contributed by atoms with Crippen molar-refractivity contribution in [2.75, 3.05) is 0 Å². The highest BCUT2D eigenvalue weighted by Gasteiger charge is 1.96. The summed E-state index contributed by atoms with van der Waals surface area (Å²) in [5, 5.41) is 10.7. The van der Waals surface area contributed by atoms with E-state index in [0.29, 0.717) is 3.70 Å². The first-order valence-electron chi connectivity index (χ1n) is 2.55. The molecule has 0 spiro atoms. The second-order valence-electron chi connectivity index (χ2n) is 1.85. The number of aryl methyl sites for hydroxylation is 1. The molecule has 0 atom stereocenters. The molecule has 1 aromatic heterocycles. The SMILES string of the molecule is Cc1cc[n+]([O-])c(I)c1. The van der Waals surface area contributed by atoms with Gasteiger partial charge in [-0.3, -0.25) is 0 Å². The van der Waals surface area contributed by atoms with Gasteiger partial charge in [-0.05, 0) is 12.5 Å². The molecule has 0 amide bonds.